The summed E-state index contributed by atoms with van der Waals surface area (Å²) in [6.07, 6.45) is -0.00407. The summed E-state index contributed by atoms with van der Waals surface area (Å²) in [5.74, 6) is -1.64. The van der Waals surface area contributed by atoms with Gasteiger partial charge in [-0.05, 0) is 12.1 Å². The lowest BCUT2D eigenvalue weighted by molar-refractivity contribution is -0.850. The van der Waals surface area contributed by atoms with Crippen molar-refractivity contribution in [3.63, 3.8) is 0 Å². The Morgan fingerprint density at radius 1 is 1.25 bits per heavy atom. The summed E-state index contributed by atoms with van der Waals surface area (Å²) in [6.45, 7) is -0.176. The highest BCUT2D eigenvalue weighted by atomic mass is 19.1. The minimum Gasteiger partial charge on any atom is -0.633 e. The van der Waals surface area contributed by atoms with Crippen molar-refractivity contribution in [3.8, 4) is 0 Å². The van der Waals surface area contributed by atoms with Crippen molar-refractivity contribution in [1.82, 2.24) is 0 Å². The van der Waals surface area contributed by atoms with Gasteiger partial charge < -0.3 is 9.85 Å². The molecule has 0 bridgehead atoms. The summed E-state index contributed by atoms with van der Waals surface area (Å²) in [6, 6.07) is 2.59. The zero-order chi connectivity index (χ0) is 12.0. The molecule has 2 atom stereocenters. The van der Waals surface area contributed by atoms with Crippen molar-refractivity contribution in [2.24, 2.45) is 0 Å². The maximum atomic E-state index is 14.4. The van der Waals surface area contributed by atoms with Gasteiger partial charge in [0, 0.05) is 18.1 Å². The van der Waals surface area contributed by atoms with Gasteiger partial charge in [0.25, 0.3) is 0 Å². The van der Waals surface area contributed by atoms with Gasteiger partial charge >= 0.3 is 0 Å². The molecule has 1 fully saturated rings. The van der Waals surface area contributed by atoms with E-state index in [1.807, 2.05) is 0 Å². The molecule has 16 heavy (non-hydrogen) atoms. The summed E-state index contributed by atoms with van der Waals surface area (Å²) in [7, 11) is 1.36. The Bertz CT molecular complexity index is 401. The molecule has 1 heterocycles. The monoisotopic (exact) mass is 231 g/mol. The molecule has 0 saturated carbocycles. The number of quaternary nitrogens is 1. The largest absolute Gasteiger partial charge is 0.633 e. The second-order valence-electron chi connectivity index (χ2n) is 4.55. The number of benzene rings is 1. The first-order valence-corrected chi connectivity index (χ1v) is 5.02. The molecule has 1 aromatic rings. The van der Waals surface area contributed by atoms with Crippen molar-refractivity contribution < 1.29 is 17.8 Å². The van der Waals surface area contributed by atoms with Crippen molar-refractivity contribution in [3.05, 3.63) is 40.6 Å². The molecule has 2 unspecified atom stereocenters. The summed E-state index contributed by atoms with van der Waals surface area (Å²) in [5, 5.41) is 11.6. The van der Waals surface area contributed by atoms with Gasteiger partial charge in [0.05, 0.1) is 13.6 Å². The molecule has 0 radical (unpaired) electrons. The molecule has 88 valence electrons. The van der Waals surface area contributed by atoms with Crippen LogP contribution in [-0.4, -0.2) is 24.8 Å². The third kappa shape index (κ3) is 2.05. The van der Waals surface area contributed by atoms with Crippen LogP contribution in [0, 0.1) is 16.8 Å². The quantitative estimate of drug-likeness (QED) is 0.538. The molecule has 0 aromatic heterocycles. The first kappa shape index (κ1) is 11.4. The average molecular weight is 231 g/mol. The molecular formula is C11H12F3NO. The third-order valence-corrected chi connectivity index (χ3v) is 2.95. The molecule has 1 saturated heterocycles. The van der Waals surface area contributed by atoms with Gasteiger partial charge in [-0.2, -0.15) is 0 Å². The van der Waals surface area contributed by atoms with Gasteiger partial charge in [0.15, 0.2) is 5.67 Å². The summed E-state index contributed by atoms with van der Waals surface area (Å²) in [5.41, 5.74) is -2.00. The Labute approximate surface area is 91.5 Å². The first-order valence-electron chi connectivity index (χ1n) is 5.02. The highest BCUT2D eigenvalue weighted by Gasteiger charge is 2.45. The standard InChI is InChI=1S/C11H12F3NO/c1-15(16)3-2-11(14,7-15)8-4-9(12)6-10(13)5-8/h4-6H,2-3,7H2,1H3. The molecule has 0 amide bonds. The third-order valence-electron chi connectivity index (χ3n) is 2.95. The summed E-state index contributed by atoms with van der Waals surface area (Å²) >= 11 is 0. The number of alkyl halides is 1. The zero-order valence-electron chi connectivity index (χ0n) is 8.84. The smallest absolute Gasteiger partial charge is 0.190 e. The van der Waals surface area contributed by atoms with Crippen LogP contribution in [0.2, 0.25) is 0 Å². The maximum Gasteiger partial charge on any atom is 0.190 e. The van der Waals surface area contributed by atoms with E-state index in [0.717, 1.165) is 12.1 Å². The van der Waals surface area contributed by atoms with Crippen LogP contribution in [0.3, 0.4) is 0 Å². The Morgan fingerprint density at radius 2 is 1.81 bits per heavy atom. The van der Waals surface area contributed by atoms with Gasteiger partial charge in [-0.15, -0.1) is 0 Å². The predicted octanol–water partition coefficient (Wildman–Crippen LogP) is 2.48. The molecule has 1 aromatic carbocycles. The molecule has 1 aliphatic heterocycles. The number of halogens is 3. The number of likely N-dealkylation sites (N-methyl/N-ethyl adjacent to an activating group) is 1. The molecule has 0 aliphatic carbocycles. The molecular weight excluding hydrogens is 219 g/mol. The SMILES string of the molecule is C[N+]1([O-])CCC(F)(c2cc(F)cc(F)c2)C1. The van der Waals surface area contributed by atoms with Crippen LogP contribution in [0.15, 0.2) is 18.2 Å². The normalized spacial score (nSPS) is 34.3. The van der Waals surface area contributed by atoms with Crippen LogP contribution < -0.4 is 0 Å². The second kappa shape index (κ2) is 3.46. The second-order valence-corrected chi connectivity index (χ2v) is 4.55. The van der Waals surface area contributed by atoms with Crippen molar-refractivity contribution in [1.29, 1.82) is 0 Å². The van der Waals surface area contributed by atoms with E-state index in [1.165, 1.54) is 7.05 Å². The van der Waals surface area contributed by atoms with Gasteiger partial charge in [0.2, 0.25) is 0 Å². The predicted molar refractivity (Wildman–Crippen MR) is 53.0 cm³/mol. The maximum absolute atomic E-state index is 14.4. The molecule has 5 heteroatoms. The number of nitrogens with zero attached hydrogens (tertiary/aromatic N) is 1. The minimum atomic E-state index is -1.92. The zero-order valence-corrected chi connectivity index (χ0v) is 8.84. The Hall–Kier alpha value is -1.07. The fourth-order valence-corrected chi connectivity index (χ4v) is 2.15. The minimum absolute atomic E-state index is 0.00407. The topological polar surface area (TPSA) is 23.1 Å². The van der Waals surface area contributed by atoms with Crippen molar-refractivity contribution in [2.45, 2.75) is 12.1 Å². The van der Waals surface area contributed by atoms with Crippen LogP contribution in [0.25, 0.3) is 0 Å². The Kier molecular flexibility index (Phi) is 2.47. The van der Waals surface area contributed by atoms with Crippen LogP contribution in [0.4, 0.5) is 13.2 Å². The molecule has 2 nitrogen and oxygen atoms in total. The Morgan fingerprint density at radius 3 is 2.25 bits per heavy atom. The van der Waals surface area contributed by atoms with Crippen LogP contribution in [0.5, 0.6) is 0 Å². The number of hydrogen-bond donors (Lipinski definition) is 0. The van der Waals surface area contributed by atoms with Crippen molar-refractivity contribution in [2.75, 3.05) is 20.1 Å². The lowest BCUT2D eigenvalue weighted by Gasteiger charge is -2.34. The van der Waals surface area contributed by atoms with Gasteiger partial charge in [-0.1, -0.05) is 0 Å². The van der Waals surface area contributed by atoms with Crippen molar-refractivity contribution >= 4 is 0 Å². The number of hydrogen-bond acceptors (Lipinski definition) is 1. The number of likely N-dealkylation sites (tertiary alicyclic amines) is 1. The summed E-state index contributed by atoms with van der Waals surface area (Å²) in [4.78, 5) is 0. The van der Waals surface area contributed by atoms with E-state index in [9.17, 15) is 18.4 Å². The Balaban J connectivity index is 2.37. The average Bonchev–Trinajstić information content (AvgIpc) is 2.40. The summed E-state index contributed by atoms with van der Waals surface area (Å²) < 4.78 is 39.5. The van der Waals surface area contributed by atoms with Gasteiger partial charge in [-0.25, -0.2) is 13.2 Å². The lowest BCUT2D eigenvalue weighted by atomic mass is 9.95. The molecule has 2 rings (SSSR count). The van der Waals surface area contributed by atoms with E-state index in [-0.39, 0.29) is 25.1 Å². The van der Waals surface area contributed by atoms with E-state index in [1.54, 1.807) is 0 Å². The van der Waals surface area contributed by atoms with Crippen LogP contribution >= 0.6 is 0 Å². The van der Waals surface area contributed by atoms with E-state index in [0.29, 0.717) is 6.07 Å². The van der Waals surface area contributed by atoms with E-state index in [4.69, 9.17) is 0 Å². The fraction of sp³-hybridized carbons (Fsp3) is 0.455. The fourth-order valence-electron chi connectivity index (χ4n) is 2.15. The lowest BCUT2D eigenvalue weighted by Crippen LogP contribution is -2.37. The molecule has 0 N–H and O–H groups in total. The van der Waals surface area contributed by atoms with Gasteiger partial charge in [0.1, 0.15) is 18.2 Å². The van der Waals surface area contributed by atoms with Crippen LogP contribution in [-0.2, 0) is 5.67 Å². The van der Waals surface area contributed by atoms with E-state index >= 15 is 0 Å². The highest BCUT2D eigenvalue weighted by Crippen LogP contribution is 2.38. The number of hydroxylamine groups is 3. The van der Waals surface area contributed by atoms with E-state index < -0.39 is 21.9 Å². The van der Waals surface area contributed by atoms with E-state index in [2.05, 4.69) is 0 Å². The van der Waals surface area contributed by atoms with Crippen LogP contribution in [0.1, 0.15) is 12.0 Å². The molecule has 1 aliphatic rings. The highest BCUT2D eigenvalue weighted by molar-refractivity contribution is 5.25. The number of rotatable bonds is 1. The van der Waals surface area contributed by atoms with Gasteiger partial charge in [-0.3, -0.25) is 0 Å². The molecule has 0 spiro atoms. The first-order chi connectivity index (χ1) is 7.31.